The van der Waals surface area contributed by atoms with Crippen molar-refractivity contribution >= 4 is 17.4 Å². The highest BCUT2D eigenvalue weighted by Crippen LogP contribution is 2.19. The topological polar surface area (TPSA) is 58.2 Å². The molecule has 0 amide bonds. The number of ether oxygens (including phenoxy) is 1. The first kappa shape index (κ1) is 14.0. The highest BCUT2D eigenvalue weighted by Gasteiger charge is 2.15. The molecular weight excluding hydrogens is 242 g/mol. The van der Waals surface area contributed by atoms with Gasteiger partial charge in [0.05, 0.1) is 12.9 Å². The number of nitrogens with zero attached hydrogens (tertiary/aromatic N) is 2. The summed E-state index contributed by atoms with van der Waals surface area (Å²) in [4.78, 5) is 20.0. The third kappa shape index (κ3) is 4.02. The summed E-state index contributed by atoms with van der Waals surface area (Å²) < 4.78 is 5.05. The van der Waals surface area contributed by atoms with E-state index in [0.29, 0.717) is 24.9 Å². The van der Waals surface area contributed by atoms with E-state index in [1.807, 2.05) is 4.90 Å². The van der Waals surface area contributed by atoms with Gasteiger partial charge in [-0.15, -0.1) is 0 Å². The fraction of sp³-hybridized carbons (Fsp3) is 0.636. The van der Waals surface area contributed by atoms with E-state index in [0.717, 1.165) is 6.54 Å². The van der Waals surface area contributed by atoms with E-state index < -0.39 is 0 Å². The Balaban J connectivity index is 2.95. The molecular formula is C11H18ClN3O2. The molecule has 1 aromatic heterocycles. The van der Waals surface area contributed by atoms with Gasteiger partial charge in [-0.25, -0.2) is 4.98 Å². The molecule has 0 aliphatic rings. The Labute approximate surface area is 106 Å². The Morgan fingerprint density at radius 3 is 2.88 bits per heavy atom. The molecule has 0 saturated carbocycles. The first-order valence-corrected chi connectivity index (χ1v) is 5.91. The summed E-state index contributed by atoms with van der Waals surface area (Å²) in [5.74, 6) is 0.963. The summed E-state index contributed by atoms with van der Waals surface area (Å²) in [6, 6.07) is 0. The zero-order valence-corrected chi connectivity index (χ0v) is 11.1. The van der Waals surface area contributed by atoms with Gasteiger partial charge in [0.25, 0.3) is 5.56 Å². The normalized spacial score (nSPS) is 10.9. The Morgan fingerprint density at radius 2 is 2.29 bits per heavy atom. The molecule has 6 heteroatoms. The van der Waals surface area contributed by atoms with Crippen LogP contribution >= 0.6 is 11.6 Å². The number of H-pyrrole nitrogens is 1. The monoisotopic (exact) mass is 259 g/mol. The Kier molecular flexibility index (Phi) is 5.44. The molecule has 0 unspecified atom stereocenters. The maximum absolute atomic E-state index is 11.4. The predicted octanol–water partition coefficient (Wildman–Crippen LogP) is 1.53. The number of nitrogens with one attached hydrogen (secondary N) is 1. The van der Waals surface area contributed by atoms with E-state index in [2.05, 4.69) is 23.8 Å². The van der Waals surface area contributed by atoms with Crippen molar-refractivity contribution in [2.75, 3.05) is 31.7 Å². The van der Waals surface area contributed by atoms with Crippen LogP contribution in [0, 0.1) is 5.92 Å². The van der Waals surface area contributed by atoms with Crippen LogP contribution in [-0.4, -0.2) is 36.8 Å². The van der Waals surface area contributed by atoms with Crippen molar-refractivity contribution in [1.82, 2.24) is 9.97 Å². The molecule has 0 spiro atoms. The van der Waals surface area contributed by atoms with Crippen LogP contribution < -0.4 is 10.5 Å². The molecule has 0 fully saturated rings. The van der Waals surface area contributed by atoms with Gasteiger partial charge in [0, 0.05) is 20.2 Å². The molecule has 0 radical (unpaired) electrons. The zero-order chi connectivity index (χ0) is 12.8. The lowest BCUT2D eigenvalue weighted by molar-refractivity contribution is 0.204. The van der Waals surface area contributed by atoms with Gasteiger partial charge in [-0.05, 0) is 5.92 Å². The summed E-state index contributed by atoms with van der Waals surface area (Å²) in [5.41, 5.74) is -0.317. The van der Waals surface area contributed by atoms with Crippen LogP contribution in [0.25, 0.3) is 0 Å². The number of methoxy groups -OCH3 is 1. The second-order valence-electron chi connectivity index (χ2n) is 4.20. The zero-order valence-electron chi connectivity index (χ0n) is 10.4. The molecule has 0 aromatic carbocycles. The van der Waals surface area contributed by atoms with E-state index in [1.54, 1.807) is 7.11 Å². The van der Waals surface area contributed by atoms with Crippen molar-refractivity contribution in [3.63, 3.8) is 0 Å². The van der Waals surface area contributed by atoms with Gasteiger partial charge in [-0.2, -0.15) is 0 Å². The molecule has 1 rings (SSSR count). The number of anilines is 1. The molecule has 1 N–H and O–H groups in total. The quantitative estimate of drug-likeness (QED) is 0.842. The van der Waals surface area contributed by atoms with Crippen LogP contribution in [-0.2, 0) is 4.74 Å². The number of rotatable bonds is 6. The highest BCUT2D eigenvalue weighted by molar-refractivity contribution is 6.32. The van der Waals surface area contributed by atoms with Crippen molar-refractivity contribution in [3.05, 3.63) is 21.7 Å². The first-order chi connectivity index (χ1) is 8.06. The van der Waals surface area contributed by atoms with Crippen LogP contribution in [0.4, 0.5) is 5.82 Å². The second kappa shape index (κ2) is 6.61. The summed E-state index contributed by atoms with van der Waals surface area (Å²) in [7, 11) is 1.64. The molecule has 0 atom stereocenters. The highest BCUT2D eigenvalue weighted by atomic mass is 35.5. The average molecular weight is 260 g/mol. The summed E-state index contributed by atoms with van der Waals surface area (Å²) in [5, 5.41) is 0.129. The third-order valence-electron chi connectivity index (χ3n) is 2.23. The van der Waals surface area contributed by atoms with Gasteiger partial charge in [0.15, 0.2) is 5.82 Å². The third-order valence-corrected chi connectivity index (χ3v) is 2.57. The number of aromatic nitrogens is 2. The molecule has 5 nitrogen and oxygen atoms in total. The number of aromatic amines is 1. The molecule has 0 aliphatic carbocycles. The molecule has 0 aliphatic heterocycles. The largest absolute Gasteiger partial charge is 0.383 e. The summed E-state index contributed by atoms with van der Waals surface area (Å²) in [6.45, 7) is 6.20. The molecule has 17 heavy (non-hydrogen) atoms. The fourth-order valence-corrected chi connectivity index (χ4v) is 1.74. The van der Waals surface area contributed by atoms with Gasteiger partial charge >= 0.3 is 0 Å². The average Bonchev–Trinajstić information content (AvgIpc) is 2.28. The van der Waals surface area contributed by atoms with E-state index in [1.165, 1.54) is 6.33 Å². The molecule has 0 bridgehead atoms. The standard InChI is InChI=1S/C11H18ClN3O2/c1-8(2)6-15(4-5-17-3)10-9(12)11(16)14-7-13-10/h7-8H,4-6H2,1-3H3,(H,13,14,16). The number of halogens is 1. The van der Waals surface area contributed by atoms with E-state index >= 15 is 0 Å². The van der Waals surface area contributed by atoms with Crippen molar-refractivity contribution in [1.29, 1.82) is 0 Å². The van der Waals surface area contributed by atoms with E-state index in [9.17, 15) is 4.79 Å². The van der Waals surface area contributed by atoms with Crippen molar-refractivity contribution in [2.24, 2.45) is 5.92 Å². The van der Waals surface area contributed by atoms with Crippen LogP contribution in [0.1, 0.15) is 13.8 Å². The molecule has 1 aromatic rings. The maximum Gasteiger partial charge on any atom is 0.271 e. The molecule has 0 saturated heterocycles. The molecule has 1 heterocycles. The lowest BCUT2D eigenvalue weighted by Crippen LogP contribution is -2.33. The Morgan fingerprint density at radius 1 is 1.59 bits per heavy atom. The lowest BCUT2D eigenvalue weighted by Gasteiger charge is -2.25. The summed E-state index contributed by atoms with van der Waals surface area (Å²) in [6.07, 6.45) is 1.36. The van der Waals surface area contributed by atoms with Gasteiger partial charge in [-0.3, -0.25) is 4.79 Å². The maximum atomic E-state index is 11.4. The van der Waals surface area contributed by atoms with E-state index in [-0.39, 0.29) is 10.6 Å². The van der Waals surface area contributed by atoms with Crippen LogP contribution in [0.15, 0.2) is 11.1 Å². The van der Waals surface area contributed by atoms with Gasteiger partial charge in [0.1, 0.15) is 5.02 Å². The Hall–Kier alpha value is -1.07. The van der Waals surface area contributed by atoms with Crippen LogP contribution in [0.2, 0.25) is 5.02 Å². The molecule has 96 valence electrons. The van der Waals surface area contributed by atoms with Crippen molar-refractivity contribution in [3.8, 4) is 0 Å². The number of hydrogen-bond donors (Lipinski definition) is 1. The van der Waals surface area contributed by atoms with E-state index in [4.69, 9.17) is 16.3 Å². The predicted molar refractivity (Wildman–Crippen MR) is 68.8 cm³/mol. The minimum atomic E-state index is -0.317. The van der Waals surface area contributed by atoms with Gasteiger partial charge in [0.2, 0.25) is 0 Å². The SMILES string of the molecule is COCCN(CC(C)C)c1nc[nH]c(=O)c1Cl. The minimum absolute atomic E-state index is 0.129. The van der Waals surface area contributed by atoms with Crippen molar-refractivity contribution in [2.45, 2.75) is 13.8 Å². The fourth-order valence-electron chi connectivity index (χ4n) is 1.52. The van der Waals surface area contributed by atoms with Crippen LogP contribution in [0.5, 0.6) is 0 Å². The first-order valence-electron chi connectivity index (χ1n) is 5.53. The second-order valence-corrected chi connectivity index (χ2v) is 4.58. The van der Waals surface area contributed by atoms with Gasteiger partial charge < -0.3 is 14.6 Å². The Bertz CT molecular complexity index is 406. The van der Waals surface area contributed by atoms with Crippen LogP contribution in [0.3, 0.4) is 0 Å². The smallest absolute Gasteiger partial charge is 0.271 e. The summed E-state index contributed by atoms with van der Waals surface area (Å²) >= 11 is 5.96. The lowest BCUT2D eigenvalue weighted by atomic mass is 10.2. The van der Waals surface area contributed by atoms with Crippen molar-refractivity contribution < 1.29 is 4.74 Å². The van der Waals surface area contributed by atoms with Gasteiger partial charge in [-0.1, -0.05) is 25.4 Å². The minimum Gasteiger partial charge on any atom is -0.383 e. The number of hydrogen-bond acceptors (Lipinski definition) is 4.